The summed E-state index contributed by atoms with van der Waals surface area (Å²) in [7, 11) is 1.52. The number of anilines is 1. The molecule has 0 saturated carbocycles. The highest BCUT2D eigenvalue weighted by Gasteiger charge is 2.24. The van der Waals surface area contributed by atoms with Crippen molar-refractivity contribution in [3.63, 3.8) is 0 Å². The van der Waals surface area contributed by atoms with Crippen molar-refractivity contribution in [3.8, 4) is 5.75 Å². The van der Waals surface area contributed by atoms with Crippen molar-refractivity contribution in [3.05, 3.63) is 59.1 Å². The number of amides is 2. The topological polar surface area (TPSA) is 93.7 Å². The Morgan fingerprint density at radius 1 is 1.04 bits per heavy atom. The summed E-state index contributed by atoms with van der Waals surface area (Å²) < 4.78 is 10.2. The number of hydrogen-bond acceptors (Lipinski definition) is 5. The largest absolute Gasteiger partial charge is 0.497 e. The second-order valence-electron chi connectivity index (χ2n) is 5.98. The van der Waals surface area contributed by atoms with Crippen LogP contribution in [0.15, 0.2) is 48.5 Å². The Labute approximate surface area is 168 Å². The highest BCUT2D eigenvalue weighted by Crippen LogP contribution is 2.17. The molecule has 0 spiro atoms. The lowest BCUT2D eigenvalue weighted by Crippen LogP contribution is -2.42. The second-order valence-corrected chi connectivity index (χ2v) is 6.38. The van der Waals surface area contributed by atoms with Gasteiger partial charge in [0.25, 0.3) is 11.8 Å². The van der Waals surface area contributed by atoms with Crippen LogP contribution in [0, 0.1) is 0 Å². The van der Waals surface area contributed by atoms with Gasteiger partial charge in [-0.25, -0.2) is 4.79 Å². The molecule has 0 radical (unpaired) electrons. The van der Waals surface area contributed by atoms with Gasteiger partial charge in [-0.15, -0.1) is 0 Å². The maximum absolute atomic E-state index is 12.2. The predicted octanol–water partition coefficient (Wildman–Crippen LogP) is 3.04. The molecule has 2 aromatic rings. The minimum absolute atomic E-state index is 0.243. The van der Waals surface area contributed by atoms with E-state index >= 15 is 0 Å². The van der Waals surface area contributed by atoms with Crippen molar-refractivity contribution in [2.45, 2.75) is 26.0 Å². The lowest BCUT2D eigenvalue weighted by atomic mass is 10.2. The molecule has 0 aliphatic carbocycles. The number of nitrogens with one attached hydrogen (secondary N) is 2. The third-order valence-electron chi connectivity index (χ3n) is 3.82. The molecule has 2 atom stereocenters. The first kappa shape index (κ1) is 21.2. The SMILES string of the molecule is COc1cccc(NC(=O)[C@H](C)OC(=O)[C@@H](C)NC(=O)c2ccccc2Cl)c1. The number of benzene rings is 2. The monoisotopic (exact) mass is 404 g/mol. The zero-order chi connectivity index (χ0) is 20.7. The molecule has 8 heteroatoms. The number of carbonyl (C=O) groups excluding carboxylic acids is 3. The van der Waals surface area contributed by atoms with Gasteiger partial charge in [0, 0.05) is 11.8 Å². The minimum atomic E-state index is -1.06. The molecule has 2 rings (SSSR count). The molecule has 0 bridgehead atoms. The number of hydrogen-bond donors (Lipinski definition) is 2. The van der Waals surface area contributed by atoms with Gasteiger partial charge in [0.2, 0.25) is 0 Å². The Bertz CT molecular complexity index is 871. The molecule has 28 heavy (non-hydrogen) atoms. The summed E-state index contributed by atoms with van der Waals surface area (Å²) in [6.45, 7) is 2.90. The maximum atomic E-state index is 12.2. The van der Waals surface area contributed by atoms with Gasteiger partial charge in [0.05, 0.1) is 17.7 Å². The van der Waals surface area contributed by atoms with Crippen LogP contribution in [0.1, 0.15) is 24.2 Å². The van der Waals surface area contributed by atoms with Crippen LogP contribution in [-0.2, 0) is 14.3 Å². The summed E-state index contributed by atoms with van der Waals surface area (Å²) in [6, 6.07) is 12.3. The van der Waals surface area contributed by atoms with Gasteiger partial charge in [-0.1, -0.05) is 29.8 Å². The normalized spacial score (nSPS) is 12.4. The number of rotatable bonds is 7. The van der Waals surface area contributed by atoms with Gasteiger partial charge in [-0.05, 0) is 38.1 Å². The molecule has 2 amide bonds. The summed E-state index contributed by atoms with van der Waals surface area (Å²) in [5, 5.41) is 5.40. The molecule has 7 nitrogen and oxygen atoms in total. The smallest absolute Gasteiger partial charge is 0.329 e. The van der Waals surface area contributed by atoms with E-state index in [0.29, 0.717) is 11.4 Å². The number of halogens is 1. The molecule has 0 aromatic heterocycles. The van der Waals surface area contributed by atoms with Crippen LogP contribution in [-0.4, -0.2) is 37.0 Å². The Hall–Kier alpha value is -3.06. The molecular weight excluding hydrogens is 384 g/mol. The summed E-state index contributed by atoms with van der Waals surface area (Å²) in [6.07, 6.45) is -1.06. The molecule has 0 saturated heterocycles. The molecule has 0 fully saturated rings. The average Bonchev–Trinajstić information content (AvgIpc) is 2.68. The Balaban J connectivity index is 1.90. The molecule has 2 aromatic carbocycles. The third-order valence-corrected chi connectivity index (χ3v) is 4.15. The van der Waals surface area contributed by atoms with Crippen LogP contribution in [0.3, 0.4) is 0 Å². The van der Waals surface area contributed by atoms with Crippen molar-refractivity contribution in [1.82, 2.24) is 5.32 Å². The van der Waals surface area contributed by atoms with Gasteiger partial charge in [0.1, 0.15) is 11.8 Å². The van der Waals surface area contributed by atoms with Crippen molar-refractivity contribution in [1.29, 1.82) is 0 Å². The fourth-order valence-corrected chi connectivity index (χ4v) is 2.47. The van der Waals surface area contributed by atoms with E-state index in [4.69, 9.17) is 21.1 Å². The zero-order valence-electron chi connectivity index (χ0n) is 15.7. The molecular formula is C20H21ClN2O5. The van der Waals surface area contributed by atoms with Crippen LogP contribution >= 0.6 is 11.6 Å². The minimum Gasteiger partial charge on any atom is -0.497 e. The molecule has 0 heterocycles. The highest BCUT2D eigenvalue weighted by molar-refractivity contribution is 6.33. The fraction of sp³-hybridized carbons (Fsp3) is 0.250. The summed E-state index contributed by atoms with van der Waals surface area (Å²) >= 11 is 5.97. The summed E-state index contributed by atoms with van der Waals surface area (Å²) in [5.41, 5.74) is 0.750. The second kappa shape index (κ2) is 9.75. The van der Waals surface area contributed by atoms with E-state index < -0.39 is 29.9 Å². The van der Waals surface area contributed by atoms with Crippen LogP contribution in [0.2, 0.25) is 5.02 Å². The van der Waals surface area contributed by atoms with Gasteiger partial charge in [-0.2, -0.15) is 0 Å². The van der Waals surface area contributed by atoms with Gasteiger partial charge in [0.15, 0.2) is 6.10 Å². The first-order valence-electron chi connectivity index (χ1n) is 8.52. The Morgan fingerprint density at radius 3 is 2.43 bits per heavy atom. The predicted molar refractivity (Wildman–Crippen MR) is 106 cm³/mol. The molecule has 0 aliphatic rings. The fourth-order valence-electron chi connectivity index (χ4n) is 2.25. The average molecular weight is 405 g/mol. The van der Waals surface area contributed by atoms with Gasteiger partial charge in [-0.3, -0.25) is 9.59 Å². The van der Waals surface area contributed by atoms with E-state index in [0.717, 1.165) is 0 Å². The Morgan fingerprint density at radius 2 is 1.75 bits per heavy atom. The first-order chi connectivity index (χ1) is 13.3. The van der Waals surface area contributed by atoms with E-state index in [-0.39, 0.29) is 10.6 Å². The summed E-state index contributed by atoms with van der Waals surface area (Å²) in [5.74, 6) is -1.18. The van der Waals surface area contributed by atoms with E-state index in [2.05, 4.69) is 10.6 Å². The summed E-state index contributed by atoms with van der Waals surface area (Å²) in [4.78, 5) is 36.6. The van der Waals surface area contributed by atoms with E-state index in [1.54, 1.807) is 48.5 Å². The van der Waals surface area contributed by atoms with Crippen LogP contribution in [0.25, 0.3) is 0 Å². The van der Waals surface area contributed by atoms with Crippen LogP contribution < -0.4 is 15.4 Å². The van der Waals surface area contributed by atoms with E-state index in [1.165, 1.54) is 21.0 Å². The highest BCUT2D eigenvalue weighted by atomic mass is 35.5. The zero-order valence-corrected chi connectivity index (χ0v) is 16.4. The molecule has 0 unspecified atom stereocenters. The van der Waals surface area contributed by atoms with E-state index in [1.807, 2.05) is 0 Å². The lowest BCUT2D eigenvalue weighted by Gasteiger charge is -2.18. The quantitative estimate of drug-likeness (QED) is 0.692. The van der Waals surface area contributed by atoms with E-state index in [9.17, 15) is 14.4 Å². The van der Waals surface area contributed by atoms with Crippen molar-refractivity contribution in [2.75, 3.05) is 12.4 Å². The Kier molecular flexibility index (Phi) is 7.40. The van der Waals surface area contributed by atoms with Crippen LogP contribution in [0.5, 0.6) is 5.75 Å². The van der Waals surface area contributed by atoms with Crippen molar-refractivity contribution in [2.24, 2.45) is 0 Å². The lowest BCUT2D eigenvalue weighted by molar-refractivity contribution is -0.154. The van der Waals surface area contributed by atoms with Crippen molar-refractivity contribution >= 4 is 35.1 Å². The first-order valence-corrected chi connectivity index (χ1v) is 8.90. The number of carbonyl (C=O) groups is 3. The van der Waals surface area contributed by atoms with Gasteiger partial charge >= 0.3 is 5.97 Å². The number of esters is 1. The number of ether oxygens (including phenoxy) is 2. The third kappa shape index (κ3) is 5.72. The molecule has 2 N–H and O–H groups in total. The molecule has 148 valence electrons. The van der Waals surface area contributed by atoms with Crippen LogP contribution in [0.4, 0.5) is 5.69 Å². The standard InChI is InChI=1S/C20H21ClN2O5/c1-12(22-19(25)16-9-4-5-10-17(16)21)20(26)28-13(2)18(24)23-14-7-6-8-15(11-14)27-3/h4-13H,1-3H3,(H,22,25)(H,23,24)/t12-,13+/m1/s1. The number of methoxy groups -OCH3 is 1. The maximum Gasteiger partial charge on any atom is 0.329 e. The van der Waals surface area contributed by atoms with Gasteiger partial charge < -0.3 is 20.1 Å². The molecule has 0 aliphatic heterocycles. The van der Waals surface area contributed by atoms with Crippen molar-refractivity contribution < 1.29 is 23.9 Å².